The predicted octanol–water partition coefficient (Wildman–Crippen LogP) is -0.550. The summed E-state index contributed by atoms with van der Waals surface area (Å²) < 4.78 is 16.0. The molecule has 0 aromatic rings. The van der Waals surface area contributed by atoms with Crippen molar-refractivity contribution in [2.75, 3.05) is 0 Å². The number of rotatable bonds is 0. The van der Waals surface area contributed by atoms with E-state index in [1.54, 1.807) is 6.08 Å². The van der Waals surface area contributed by atoms with Crippen LogP contribution in [0.1, 0.15) is 0 Å². The van der Waals surface area contributed by atoms with E-state index >= 15 is 0 Å². The van der Waals surface area contributed by atoms with Crippen LogP contribution in [0.5, 0.6) is 0 Å². The largest absolute Gasteiger partial charge is 0.476 e. The second-order valence-electron chi connectivity index (χ2n) is 3.81. The smallest absolute Gasteiger partial charge is 0.316 e. The molecule has 2 amide bonds. The van der Waals surface area contributed by atoms with E-state index in [0.29, 0.717) is 16.9 Å². The Morgan fingerprint density at radius 3 is 2.69 bits per heavy atom. The van der Waals surface area contributed by atoms with E-state index in [4.69, 9.17) is 14.2 Å². The summed E-state index contributed by atoms with van der Waals surface area (Å²) in [5.41, 5.74) is 0.603. The number of ether oxygens (including phenoxy) is 3. The van der Waals surface area contributed by atoms with E-state index < -0.39 is 23.7 Å². The summed E-state index contributed by atoms with van der Waals surface area (Å²) in [4.78, 5) is 23.0. The fourth-order valence-corrected chi connectivity index (χ4v) is 2.34. The molecular formula is C10H5NO5. The van der Waals surface area contributed by atoms with Crippen LogP contribution < -0.4 is 5.32 Å². The van der Waals surface area contributed by atoms with Gasteiger partial charge in [-0.15, -0.1) is 0 Å². The lowest BCUT2D eigenvalue weighted by Gasteiger charge is -2.26. The molecule has 0 saturated carbocycles. The van der Waals surface area contributed by atoms with Gasteiger partial charge in [-0.1, -0.05) is 0 Å². The Labute approximate surface area is 89.1 Å². The van der Waals surface area contributed by atoms with Gasteiger partial charge < -0.3 is 14.2 Å². The minimum atomic E-state index is -1.10. The summed E-state index contributed by atoms with van der Waals surface area (Å²) in [6.07, 6.45) is 3.65. The van der Waals surface area contributed by atoms with Crippen LogP contribution in [-0.2, 0) is 23.8 Å². The highest BCUT2D eigenvalue weighted by Gasteiger charge is 2.62. The van der Waals surface area contributed by atoms with Gasteiger partial charge in [0.1, 0.15) is 18.3 Å². The standard InChI is InChI=1S/C10H5NO5/c12-8-5-4-3-10(14-1-2-15-10)7(16-4)6(5)9(13)11-8/h1-3,7H,(H,11,12,13). The molecule has 4 aliphatic rings. The molecular weight excluding hydrogens is 214 g/mol. The van der Waals surface area contributed by atoms with Gasteiger partial charge in [-0.2, -0.15) is 0 Å². The summed E-state index contributed by atoms with van der Waals surface area (Å²) in [7, 11) is 0. The van der Waals surface area contributed by atoms with Gasteiger partial charge in [-0.3, -0.25) is 14.9 Å². The van der Waals surface area contributed by atoms with Crippen LogP contribution in [0.2, 0.25) is 0 Å². The average Bonchev–Trinajstić information content (AvgIpc) is 2.94. The third-order valence-electron chi connectivity index (χ3n) is 2.98. The van der Waals surface area contributed by atoms with Crippen LogP contribution in [0.15, 0.2) is 35.5 Å². The molecule has 2 bridgehead atoms. The zero-order chi connectivity index (χ0) is 10.9. The normalized spacial score (nSPS) is 31.2. The molecule has 4 heterocycles. The Kier molecular flexibility index (Phi) is 1.06. The van der Waals surface area contributed by atoms with Gasteiger partial charge >= 0.3 is 5.79 Å². The van der Waals surface area contributed by atoms with Crippen LogP contribution in [0.25, 0.3) is 0 Å². The van der Waals surface area contributed by atoms with Crippen molar-refractivity contribution in [1.29, 1.82) is 0 Å². The lowest BCUT2D eigenvalue weighted by Crippen LogP contribution is -2.42. The fraction of sp³-hybridized carbons (Fsp3) is 0.200. The molecule has 0 radical (unpaired) electrons. The number of carbonyl (C=O) groups excluding carboxylic acids is 2. The maximum Gasteiger partial charge on any atom is 0.316 e. The van der Waals surface area contributed by atoms with E-state index in [2.05, 4.69) is 5.32 Å². The Morgan fingerprint density at radius 2 is 1.94 bits per heavy atom. The van der Waals surface area contributed by atoms with Gasteiger partial charge in [-0.05, 0) is 0 Å². The van der Waals surface area contributed by atoms with Gasteiger partial charge in [0.2, 0.25) is 6.10 Å². The number of carbonyl (C=O) groups is 2. The lowest BCUT2D eigenvalue weighted by atomic mass is 9.94. The van der Waals surface area contributed by atoms with Gasteiger partial charge in [0, 0.05) is 6.08 Å². The Balaban J connectivity index is 1.88. The molecule has 1 atom stereocenters. The van der Waals surface area contributed by atoms with Crippen molar-refractivity contribution in [1.82, 2.24) is 5.32 Å². The van der Waals surface area contributed by atoms with E-state index in [0.717, 1.165) is 0 Å². The van der Waals surface area contributed by atoms with Crippen molar-refractivity contribution in [3.63, 3.8) is 0 Å². The van der Waals surface area contributed by atoms with Crippen LogP contribution in [0.3, 0.4) is 0 Å². The van der Waals surface area contributed by atoms with Crippen LogP contribution >= 0.6 is 0 Å². The predicted molar refractivity (Wildman–Crippen MR) is 47.2 cm³/mol. The third kappa shape index (κ3) is 0.650. The monoisotopic (exact) mass is 219 g/mol. The molecule has 0 saturated heterocycles. The summed E-state index contributed by atoms with van der Waals surface area (Å²) in [5.74, 6) is -1.61. The number of imide groups is 1. The Hall–Kier alpha value is -2.24. The maximum atomic E-state index is 11.6. The Morgan fingerprint density at radius 1 is 1.19 bits per heavy atom. The molecule has 4 rings (SSSR count). The van der Waals surface area contributed by atoms with Crippen LogP contribution in [-0.4, -0.2) is 23.7 Å². The quantitative estimate of drug-likeness (QED) is 0.553. The molecule has 6 heteroatoms. The SMILES string of the molecule is O=C1NC(=O)C2=C1C1=CC3(OC=CO3)C2O1. The van der Waals surface area contributed by atoms with Gasteiger partial charge in [-0.25, -0.2) is 0 Å². The first-order chi connectivity index (χ1) is 7.71. The van der Waals surface area contributed by atoms with Gasteiger partial charge in [0.25, 0.3) is 11.8 Å². The van der Waals surface area contributed by atoms with Gasteiger partial charge in [0.15, 0.2) is 0 Å². The molecule has 16 heavy (non-hydrogen) atoms. The minimum absolute atomic E-state index is 0.297. The molecule has 80 valence electrons. The van der Waals surface area contributed by atoms with Crippen molar-refractivity contribution in [3.05, 3.63) is 35.5 Å². The zero-order valence-electron chi connectivity index (χ0n) is 7.85. The molecule has 6 nitrogen and oxygen atoms in total. The number of hydrogen-bond acceptors (Lipinski definition) is 5. The highest BCUT2D eigenvalue weighted by molar-refractivity contribution is 6.23. The average molecular weight is 219 g/mol. The first-order valence-corrected chi connectivity index (χ1v) is 4.72. The van der Waals surface area contributed by atoms with E-state index in [1.807, 2.05) is 0 Å². The third-order valence-corrected chi connectivity index (χ3v) is 2.98. The molecule has 0 aliphatic carbocycles. The minimum Gasteiger partial charge on any atom is -0.476 e. The van der Waals surface area contributed by atoms with Gasteiger partial charge in [0.05, 0.1) is 11.1 Å². The van der Waals surface area contributed by atoms with E-state index in [-0.39, 0.29) is 0 Å². The molecule has 0 aromatic carbocycles. The first kappa shape index (κ1) is 7.98. The fourth-order valence-electron chi connectivity index (χ4n) is 2.34. The van der Waals surface area contributed by atoms with Crippen molar-refractivity contribution in [2.45, 2.75) is 11.9 Å². The topological polar surface area (TPSA) is 73.9 Å². The summed E-state index contributed by atoms with van der Waals surface area (Å²) >= 11 is 0. The molecule has 0 aromatic heterocycles. The van der Waals surface area contributed by atoms with Crippen LogP contribution in [0.4, 0.5) is 0 Å². The summed E-state index contributed by atoms with van der Waals surface area (Å²) in [6.45, 7) is 0. The number of nitrogens with one attached hydrogen (secondary N) is 1. The number of hydrogen-bond donors (Lipinski definition) is 1. The van der Waals surface area contributed by atoms with E-state index in [1.165, 1.54) is 12.5 Å². The van der Waals surface area contributed by atoms with Crippen molar-refractivity contribution in [2.24, 2.45) is 0 Å². The molecule has 1 spiro atoms. The first-order valence-electron chi connectivity index (χ1n) is 4.72. The van der Waals surface area contributed by atoms with Crippen LogP contribution in [0, 0.1) is 0 Å². The molecule has 0 fully saturated rings. The van der Waals surface area contributed by atoms with E-state index in [9.17, 15) is 9.59 Å². The molecule has 1 unspecified atom stereocenters. The zero-order valence-corrected chi connectivity index (χ0v) is 7.85. The molecule has 4 aliphatic heterocycles. The van der Waals surface area contributed by atoms with Crippen molar-refractivity contribution < 1.29 is 23.8 Å². The second-order valence-corrected chi connectivity index (χ2v) is 3.81. The number of fused-ring (bicyclic) bond motifs is 5. The summed E-state index contributed by atoms with van der Waals surface area (Å²) in [5, 5.41) is 2.22. The summed E-state index contributed by atoms with van der Waals surface area (Å²) in [6, 6.07) is 0. The number of amides is 2. The van der Waals surface area contributed by atoms with Crippen molar-refractivity contribution in [3.8, 4) is 0 Å². The highest BCUT2D eigenvalue weighted by Crippen LogP contribution is 2.49. The highest BCUT2D eigenvalue weighted by atomic mass is 16.7. The Bertz CT molecular complexity index is 533. The second kappa shape index (κ2) is 2.13. The molecule has 1 N–H and O–H groups in total. The van der Waals surface area contributed by atoms with Crippen molar-refractivity contribution >= 4 is 11.8 Å². The maximum absolute atomic E-state index is 11.6. The lowest BCUT2D eigenvalue weighted by molar-refractivity contribution is -0.148.